The van der Waals surface area contributed by atoms with Crippen LogP contribution in [0, 0.1) is 0 Å². The van der Waals surface area contributed by atoms with E-state index in [0.717, 1.165) is 31.1 Å². The summed E-state index contributed by atoms with van der Waals surface area (Å²) in [7, 11) is 0. The maximum Gasteiger partial charge on any atom is 0.0724 e. The van der Waals surface area contributed by atoms with E-state index in [1.54, 1.807) is 0 Å². The minimum Gasteiger partial charge on any atom is -0.0918 e. The molecule has 2 aliphatic heterocycles. The number of nitrogens with zero attached hydrogens (tertiary/aromatic N) is 5. The molecule has 0 aromatic heterocycles. The fourth-order valence-electron chi connectivity index (χ4n) is 4.10. The van der Waals surface area contributed by atoms with E-state index in [1.165, 1.54) is 0 Å². The number of rotatable bonds is 4. The van der Waals surface area contributed by atoms with Crippen LogP contribution in [0.15, 0.2) is 0 Å². The highest BCUT2D eigenvalue weighted by molar-refractivity contribution is 4.73. The van der Waals surface area contributed by atoms with Crippen molar-refractivity contribution < 1.29 is 4.92 Å². The Morgan fingerprint density at radius 1 is 0.476 bits per heavy atom. The van der Waals surface area contributed by atoms with E-state index < -0.39 is 0 Å². The largest absolute Gasteiger partial charge is 0.0918 e. The predicted molar refractivity (Wildman–Crippen MR) is 87.6 cm³/mol. The molecule has 0 aliphatic carbocycles. The molecule has 2 aliphatic rings. The lowest BCUT2D eigenvalue weighted by molar-refractivity contribution is -1.27. The first kappa shape index (κ1) is 17.2. The van der Waals surface area contributed by atoms with Crippen molar-refractivity contribution in [3.63, 3.8) is 0 Å². The van der Waals surface area contributed by atoms with Crippen molar-refractivity contribution >= 4 is 0 Å². The third kappa shape index (κ3) is 2.53. The average Bonchev–Trinajstić information content (AvgIpc) is 2.92. The van der Waals surface area contributed by atoms with Crippen LogP contribution in [-0.2, 0) is 0 Å². The molecule has 1 spiro atoms. The monoisotopic (exact) mass is 298 g/mol. The molecule has 21 heavy (non-hydrogen) atoms. The highest BCUT2D eigenvalue weighted by atomic mass is 16.3. The quantitative estimate of drug-likeness (QED) is 0.739. The summed E-state index contributed by atoms with van der Waals surface area (Å²) in [6.07, 6.45) is 0. The van der Waals surface area contributed by atoms with Gasteiger partial charge < -0.3 is 0 Å². The van der Waals surface area contributed by atoms with Crippen LogP contribution in [0.2, 0.25) is 0 Å². The topological polar surface area (TPSA) is 13.0 Å². The fraction of sp³-hybridized carbons (Fsp3) is 1.00. The molecule has 5 heteroatoms. The van der Waals surface area contributed by atoms with Crippen LogP contribution in [0.4, 0.5) is 0 Å². The molecule has 5 nitrogen and oxygen atoms in total. The van der Waals surface area contributed by atoms with E-state index in [4.69, 9.17) is 0 Å². The second-order valence-corrected chi connectivity index (χ2v) is 7.56. The molecule has 0 radical (unpaired) electrons. The lowest BCUT2D eigenvalue weighted by atomic mass is 10.3. The molecule has 2 heterocycles. The van der Waals surface area contributed by atoms with Gasteiger partial charge in [0.1, 0.15) is 0 Å². The van der Waals surface area contributed by atoms with Gasteiger partial charge in [0, 0.05) is 0 Å². The molecular weight excluding hydrogens is 262 g/mol. The van der Waals surface area contributed by atoms with Gasteiger partial charge in [-0.15, -0.1) is 0 Å². The van der Waals surface area contributed by atoms with E-state index in [-0.39, 0.29) is 0 Å². The first-order chi connectivity index (χ1) is 9.74. The van der Waals surface area contributed by atoms with Crippen LogP contribution >= 0.6 is 0 Å². The molecule has 0 unspecified atom stereocenters. The number of hydrogen-bond acceptors (Lipinski definition) is 4. The van der Waals surface area contributed by atoms with Gasteiger partial charge >= 0.3 is 0 Å². The van der Waals surface area contributed by atoms with Gasteiger partial charge in [0.05, 0.1) is 50.3 Å². The summed E-state index contributed by atoms with van der Waals surface area (Å²) < 4.78 is 0. The summed E-state index contributed by atoms with van der Waals surface area (Å²) in [5.74, 6) is 0. The average molecular weight is 298 g/mol. The predicted octanol–water partition coefficient (Wildman–Crippen LogP) is 2.33. The lowest BCUT2D eigenvalue weighted by Crippen LogP contribution is -2.77. The summed E-state index contributed by atoms with van der Waals surface area (Å²) >= 11 is 0. The van der Waals surface area contributed by atoms with Crippen LogP contribution in [-0.4, -0.2) is 75.3 Å². The molecule has 0 atom stereocenters. The normalized spacial score (nSPS) is 25.7. The molecule has 2 fully saturated rings. The highest BCUT2D eigenvalue weighted by Gasteiger charge is 2.63. The van der Waals surface area contributed by atoms with Gasteiger partial charge in [-0.1, -0.05) is 20.0 Å². The van der Waals surface area contributed by atoms with Gasteiger partial charge in [-0.25, -0.2) is 0 Å². The van der Waals surface area contributed by atoms with Crippen LogP contribution in [0.3, 0.4) is 0 Å². The fourth-order valence-corrected chi connectivity index (χ4v) is 4.10. The molecule has 0 N–H and O–H groups in total. The standard InChI is InChI=1S/C16H36N5/c1-13(2)17-9-10-18(14(3)4)21(17)19(15(5)6)11-12-20(21)16(7)8/h13-16H,9-12H2,1-8H3/q+1. The number of hydrogen-bond donors (Lipinski definition) is 0. The Morgan fingerprint density at radius 2 is 0.667 bits per heavy atom. The third-order valence-corrected chi connectivity index (χ3v) is 4.88. The van der Waals surface area contributed by atoms with Gasteiger partial charge in [-0.2, -0.15) is 0 Å². The molecule has 0 aromatic carbocycles. The van der Waals surface area contributed by atoms with Gasteiger partial charge in [-0.05, 0) is 60.3 Å². The molecule has 0 amide bonds. The molecule has 124 valence electrons. The van der Waals surface area contributed by atoms with Crippen molar-refractivity contribution in [2.24, 2.45) is 0 Å². The van der Waals surface area contributed by atoms with E-state index in [2.05, 4.69) is 75.4 Å². The van der Waals surface area contributed by atoms with E-state index >= 15 is 0 Å². The summed E-state index contributed by atoms with van der Waals surface area (Å²) in [5.41, 5.74) is 0. The van der Waals surface area contributed by atoms with Crippen molar-refractivity contribution in [1.82, 2.24) is 20.0 Å². The van der Waals surface area contributed by atoms with E-state index in [0.29, 0.717) is 24.2 Å². The van der Waals surface area contributed by atoms with Crippen molar-refractivity contribution in [3.05, 3.63) is 0 Å². The molecule has 2 saturated heterocycles. The molecule has 0 saturated carbocycles. The van der Waals surface area contributed by atoms with Gasteiger partial charge in [0.25, 0.3) is 0 Å². The summed E-state index contributed by atoms with van der Waals surface area (Å²) in [5, 5.41) is 10.6. The zero-order valence-electron chi connectivity index (χ0n) is 15.4. The minimum absolute atomic E-state index is 0.536. The molecule has 0 aromatic rings. The molecule has 0 bridgehead atoms. The zero-order chi connectivity index (χ0) is 15.9. The van der Waals surface area contributed by atoms with Gasteiger partial charge in [0.2, 0.25) is 0 Å². The Balaban J connectivity index is 2.54. The third-order valence-electron chi connectivity index (χ3n) is 4.88. The van der Waals surface area contributed by atoms with E-state index in [9.17, 15) is 0 Å². The molecule has 2 rings (SSSR count). The van der Waals surface area contributed by atoms with Crippen LogP contribution in [0.25, 0.3) is 0 Å². The zero-order valence-corrected chi connectivity index (χ0v) is 15.4. The first-order valence-electron chi connectivity index (χ1n) is 8.72. The maximum absolute atomic E-state index is 2.66. The SMILES string of the molecule is CC(C)N1CCN(C(C)C)[N+]12N(C(C)C)CCN2C(C)C. The summed E-state index contributed by atoms with van der Waals surface area (Å²) in [4.78, 5) is 0.824. The highest BCUT2D eigenvalue weighted by Crippen LogP contribution is 2.39. The second-order valence-electron chi connectivity index (χ2n) is 7.56. The van der Waals surface area contributed by atoms with Gasteiger partial charge in [0.15, 0.2) is 0 Å². The summed E-state index contributed by atoms with van der Waals surface area (Å²) in [6.45, 7) is 23.2. The minimum atomic E-state index is 0.536. The Labute approximate surface area is 131 Å². The van der Waals surface area contributed by atoms with E-state index in [1.807, 2.05) is 0 Å². The number of quaternary nitrogens is 1. The van der Waals surface area contributed by atoms with Crippen molar-refractivity contribution in [2.75, 3.05) is 26.2 Å². The smallest absolute Gasteiger partial charge is 0.0724 e. The lowest BCUT2D eigenvalue weighted by Gasteiger charge is -2.52. The van der Waals surface area contributed by atoms with Crippen molar-refractivity contribution in [3.8, 4) is 0 Å². The van der Waals surface area contributed by atoms with Gasteiger partial charge in [-0.3, -0.25) is 0 Å². The van der Waals surface area contributed by atoms with Crippen molar-refractivity contribution in [1.29, 1.82) is 0 Å². The summed E-state index contributed by atoms with van der Waals surface area (Å²) in [6, 6.07) is 2.15. The Morgan fingerprint density at radius 3 is 0.810 bits per heavy atom. The Bertz CT molecular complexity index is 283. The van der Waals surface area contributed by atoms with Crippen LogP contribution < -0.4 is 0 Å². The maximum atomic E-state index is 2.66. The molecular formula is C16H36N5+. The Kier molecular flexibility index (Phi) is 5.01. The Hall–Kier alpha value is -0.200. The first-order valence-corrected chi connectivity index (χ1v) is 8.72. The second kappa shape index (κ2) is 6.13. The van der Waals surface area contributed by atoms with Crippen molar-refractivity contribution in [2.45, 2.75) is 79.6 Å². The van der Waals surface area contributed by atoms with Crippen LogP contribution in [0.5, 0.6) is 0 Å². The van der Waals surface area contributed by atoms with Crippen LogP contribution in [0.1, 0.15) is 55.4 Å².